The molecule has 2 nitrogen and oxygen atoms in total. The predicted molar refractivity (Wildman–Crippen MR) is 97.6 cm³/mol. The predicted octanol–water partition coefficient (Wildman–Crippen LogP) is 4.47. The molecule has 1 amide bonds. The summed E-state index contributed by atoms with van der Waals surface area (Å²) in [7, 11) is 0. The standard InChI is InChI=1S/C22H20FNO/c23-20-14-8-7-13-19(20)16-22(25)24-21(18-11-5-2-6-12-18)15-17-9-3-1-4-10-17/h1-14,21H,15-16H2,(H,24,25)/t21-/m1/s1. The van der Waals surface area contributed by atoms with Gasteiger partial charge in [-0.3, -0.25) is 4.79 Å². The molecule has 0 heterocycles. The number of nitrogens with one attached hydrogen (secondary N) is 1. The number of hydrogen-bond donors (Lipinski definition) is 1. The maximum atomic E-state index is 13.8. The minimum absolute atomic E-state index is 0.0325. The molecule has 0 aromatic heterocycles. The van der Waals surface area contributed by atoms with E-state index < -0.39 is 0 Å². The zero-order valence-corrected chi connectivity index (χ0v) is 13.9. The number of hydrogen-bond acceptors (Lipinski definition) is 1. The van der Waals surface area contributed by atoms with Crippen LogP contribution < -0.4 is 5.32 Å². The van der Waals surface area contributed by atoms with E-state index in [0.29, 0.717) is 12.0 Å². The number of rotatable bonds is 6. The first-order chi connectivity index (χ1) is 12.2. The van der Waals surface area contributed by atoms with Gasteiger partial charge in [0.15, 0.2) is 0 Å². The van der Waals surface area contributed by atoms with Crippen molar-refractivity contribution in [3.63, 3.8) is 0 Å². The van der Waals surface area contributed by atoms with E-state index in [0.717, 1.165) is 11.1 Å². The van der Waals surface area contributed by atoms with Gasteiger partial charge in [0.25, 0.3) is 0 Å². The van der Waals surface area contributed by atoms with Crippen LogP contribution in [-0.2, 0) is 17.6 Å². The normalized spacial score (nSPS) is 11.7. The lowest BCUT2D eigenvalue weighted by Crippen LogP contribution is -2.31. The lowest BCUT2D eigenvalue weighted by Gasteiger charge is -2.20. The summed E-state index contributed by atoms with van der Waals surface area (Å²) in [5.41, 5.74) is 2.59. The average molecular weight is 333 g/mol. The summed E-state index contributed by atoms with van der Waals surface area (Å²) in [6.07, 6.45) is 0.721. The highest BCUT2D eigenvalue weighted by molar-refractivity contribution is 5.79. The van der Waals surface area contributed by atoms with Gasteiger partial charge in [-0.1, -0.05) is 78.9 Å². The monoisotopic (exact) mass is 333 g/mol. The van der Waals surface area contributed by atoms with Crippen LogP contribution in [0.1, 0.15) is 22.7 Å². The fourth-order valence-electron chi connectivity index (χ4n) is 2.85. The molecule has 3 rings (SSSR count). The Labute approximate surface area is 147 Å². The first-order valence-electron chi connectivity index (χ1n) is 8.34. The quantitative estimate of drug-likeness (QED) is 0.708. The lowest BCUT2D eigenvalue weighted by atomic mass is 9.98. The van der Waals surface area contributed by atoms with Gasteiger partial charge in [-0.2, -0.15) is 0 Å². The number of carbonyl (C=O) groups is 1. The van der Waals surface area contributed by atoms with E-state index in [-0.39, 0.29) is 24.2 Å². The lowest BCUT2D eigenvalue weighted by molar-refractivity contribution is -0.121. The summed E-state index contributed by atoms with van der Waals surface area (Å²) < 4.78 is 13.8. The van der Waals surface area contributed by atoms with Crippen LogP contribution in [0.4, 0.5) is 4.39 Å². The number of amides is 1. The van der Waals surface area contributed by atoms with E-state index in [1.807, 2.05) is 60.7 Å². The largest absolute Gasteiger partial charge is 0.349 e. The molecular weight excluding hydrogens is 313 g/mol. The Morgan fingerprint density at radius 2 is 1.44 bits per heavy atom. The van der Waals surface area contributed by atoms with Crippen molar-refractivity contribution in [2.24, 2.45) is 0 Å². The zero-order valence-electron chi connectivity index (χ0n) is 13.9. The van der Waals surface area contributed by atoms with E-state index in [2.05, 4.69) is 5.32 Å². The molecule has 0 fully saturated rings. The Morgan fingerprint density at radius 1 is 0.840 bits per heavy atom. The van der Waals surface area contributed by atoms with E-state index in [1.54, 1.807) is 18.2 Å². The second kappa shape index (κ2) is 8.25. The molecule has 3 aromatic carbocycles. The third-order valence-corrected chi connectivity index (χ3v) is 4.13. The van der Waals surface area contributed by atoms with Crippen LogP contribution in [0.25, 0.3) is 0 Å². The Bertz CT molecular complexity index is 818. The smallest absolute Gasteiger partial charge is 0.225 e. The second-order valence-corrected chi connectivity index (χ2v) is 5.99. The first-order valence-corrected chi connectivity index (χ1v) is 8.34. The molecule has 0 aliphatic carbocycles. The summed E-state index contributed by atoms with van der Waals surface area (Å²) in [5, 5.41) is 3.05. The highest BCUT2D eigenvalue weighted by Gasteiger charge is 2.16. The van der Waals surface area contributed by atoms with Crippen LogP contribution in [0.3, 0.4) is 0 Å². The highest BCUT2D eigenvalue weighted by atomic mass is 19.1. The number of benzene rings is 3. The van der Waals surface area contributed by atoms with Gasteiger partial charge >= 0.3 is 0 Å². The molecule has 0 radical (unpaired) electrons. The Hall–Kier alpha value is -2.94. The molecule has 0 saturated heterocycles. The maximum Gasteiger partial charge on any atom is 0.225 e. The maximum absolute atomic E-state index is 13.8. The Kier molecular flexibility index (Phi) is 5.57. The van der Waals surface area contributed by atoms with Crippen molar-refractivity contribution in [3.05, 3.63) is 107 Å². The molecule has 0 saturated carbocycles. The van der Waals surface area contributed by atoms with Gasteiger partial charge in [0.2, 0.25) is 5.91 Å². The highest BCUT2D eigenvalue weighted by Crippen LogP contribution is 2.19. The van der Waals surface area contributed by atoms with E-state index >= 15 is 0 Å². The van der Waals surface area contributed by atoms with Gasteiger partial charge in [-0.25, -0.2) is 4.39 Å². The van der Waals surface area contributed by atoms with Crippen molar-refractivity contribution in [1.82, 2.24) is 5.32 Å². The van der Waals surface area contributed by atoms with Crippen LogP contribution in [-0.4, -0.2) is 5.91 Å². The van der Waals surface area contributed by atoms with Gasteiger partial charge in [0.05, 0.1) is 12.5 Å². The molecule has 25 heavy (non-hydrogen) atoms. The molecule has 1 N–H and O–H groups in total. The van der Waals surface area contributed by atoms with Crippen molar-refractivity contribution < 1.29 is 9.18 Å². The molecular formula is C22H20FNO. The topological polar surface area (TPSA) is 29.1 Å². The molecule has 1 atom stereocenters. The summed E-state index contributed by atoms with van der Waals surface area (Å²) in [5.74, 6) is -0.535. The minimum Gasteiger partial charge on any atom is -0.349 e. The van der Waals surface area contributed by atoms with Gasteiger partial charge in [-0.05, 0) is 29.2 Å². The van der Waals surface area contributed by atoms with Crippen LogP contribution in [0.15, 0.2) is 84.9 Å². The molecule has 0 unspecified atom stereocenters. The summed E-state index contributed by atoms with van der Waals surface area (Å²) in [6.45, 7) is 0. The van der Waals surface area contributed by atoms with Gasteiger partial charge in [0.1, 0.15) is 5.82 Å². The van der Waals surface area contributed by atoms with Crippen LogP contribution in [0.2, 0.25) is 0 Å². The van der Waals surface area contributed by atoms with Crippen LogP contribution in [0.5, 0.6) is 0 Å². The SMILES string of the molecule is O=C(Cc1ccccc1F)N[C@H](Cc1ccccc1)c1ccccc1. The van der Waals surface area contributed by atoms with Crippen molar-refractivity contribution in [1.29, 1.82) is 0 Å². The Balaban J connectivity index is 1.75. The Morgan fingerprint density at radius 3 is 2.12 bits per heavy atom. The molecule has 0 spiro atoms. The molecule has 0 aliphatic rings. The molecule has 126 valence electrons. The third-order valence-electron chi connectivity index (χ3n) is 4.13. The number of carbonyl (C=O) groups excluding carboxylic acids is 1. The molecule has 3 aromatic rings. The summed E-state index contributed by atoms with van der Waals surface area (Å²) in [4.78, 5) is 12.5. The fraction of sp³-hybridized carbons (Fsp3) is 0.136. The molecule has 3 heteroatoms. The second-order valence-electron chi connectivity index (χ2n) is 5.99. The zero-order chi connectivity index (χ0) is 17.5. The summed E-state index contributed by atoms with van der Waals surface area (Å²) >= 11 is 0. The average Bonchev–Trinajstić information content (AvgIpc) is 2.65. The summed E-state index contributed by atoms with van der Waals surface area (Å²) in [6, 6.07) is 26.1. The first kappa shape index (κ1) is 16.9. The van der Waals surface area contributed by atoms with Crippen molar-refractivity contribution in [2.75, 3.05) is 0 Å². The van der Waals surface area contributed by atoms with Crippen molar-refractivity contribution in [3.8, 4) is 0 Å². The molecule has 0 bridgehead atoms. The number of halogens is 1. The van der Waals surface area contributed by atoms with Crippen LogP contribution >= 0.6 is 0 Å². The molecule has 0 aliphatic heterocycles. The van der Waals surface area contributed by atoms with E-state index in [9.17, 15) is 9.18 Å². The van der Waals surface area contributed by atoms with Crippen molar-refractivity contribution in [2.45, 2.75) is 18.9 Å². The third kappa shape index (κ3) is 4.77. The fourth-order valence-corrected chi connectivity index (χ4v) is 2.85. The van der Waals surface area contributed by atoms with Gasteiger partial charge in [0, 0.05) is 0 Å². The van der Waals surface area contributed by atoms with E-state index in [4.69, 9.17) is 0 Å². The van der Waals surface area contributed by atoms with Crippen LogP contribution in [0, 0.1) is 5.82 Å². The van der Waals surface area contributed by atoms with Crippen molar-refractivity contribution >= 4 is 5.91 Å². The minimum atomic E-state index is -0.350. The van der Waals surface area contributed by atoms with Gasteiger partial charge < -0.3 is 5.32 Å². The van der Waals surface area contributed by atoms with Gasteiger partial charge in [-0.15, -0.1) is 0 Å². The van der Waals surface area contributed by atoms with E-state index in [1.165, 1.54) is 6.07 Å².